The van der Waals surface area contributed by atoms with Gasteiger partial charge in [-0.05, 0) is 53.2 Å². The first-order valence-electron chi connectivity index (χ1n) is 5.52. The molecule has 100 valence electrons. The largest absolute Gasteiger partial charge is 0.416 e. The second-order valence-electron chi connectivity index (χ2n) is 4.43. The van der Waals surface area contributed by atoms with Gasteiger partial charge in [0.25, 0.3) is 0 Å². The fraction of sp³-hybridized carbons (Fsp3) is 0.500. The quantitative estimate of drug-likeness (QED) is 0.847. The van der Waals surface area contributed by atoms with Gasteiger partial charge in [-0.15, -0.1) is 0 Å². The molecule has 1 N–H and O–H groups in total. The SMILES string of the molecule is CSC1(CNc2ccc(C(F)(F)F)cc2Br)CC1. The van der Waals surface area contributed by atoms with Crippen LogP contribution in [0, 0.1) is 0 Å². The third-order valence-electron chi connectivity index (χ3n) is 3.14. The van der Waals surface area contributed by atoms with Gasteiger partial charge in [-0.1, -0.05) is 0 Å². The minimum atomic E-state index is -4.29. The van der Waals surface area contributed by atoms with Gasteiger partial charge in [-0.3, -0.25) is 0 Å². The first-order chi connectivity index (χ1) is 8.36. The van der Waals surface area contributed by atoms with Crippen molar-refractivity contribution in [3.63, 3.8) is 0 Å². The lowest BCUT2D eigenvalue weighted by molar-refractivity contribution is -0.137. The van der Waals surface area contributed by atoms with E-state index in [1.54, 1.807) is 0 Å². The second kappa shape index (κ2) is 4.96. The zero-order chi connectivity index (χ0) is 13.4. The third kappa shape index (κ3) is 3.15. The van der Waals surface area contributed by atoms with Gasteiger partial charge in [-0.2, -0.15) is 24.9 Å². The van der Waals surface area contributed by atoms with Gasteiger partial charge in [0.05, 0.1) is 5.56 Å². The van der Waals surface area contributed by atoms with Crippen molar-refractivity contribution in [2.24, 2.45) is 0 Å². The van der Waals surface area contributed by atoms with Crippen LogP contribution in [-0.2, 0) is 6.18 Å². The molecular formula is C12H13BrF3NS. The van der Waals surface area contributed by atoms with E-state index in [1.807, 2.05) is 11.8 Å². The standard InChI is InChI=1S/C12H13BrF3NS/c1-18-11(4-5-11)7-17-10-3-2-8(6-9(10)13)12(14,15)16/h2-3,6,17H,4-5,7H2,1H3. The van der Waals surface area contributed by atoms with Crippen molar-refractivity contribution in [1.29, 1.82) is 0 Å². The molecule has 1 aliphatic carbocycles. The zero-order valence-corrected chi connectivity index (χ0v) is 12.2. The molecule has 0 aliphatic heterocycles. The summed E-state index contributed by atoms with van der Waals surface area (Å²) in [5, 5.41) is 3.21. The molecule has 1 aromatic carbocycles. The van der Waals surface area contributed by atoms with Crippen molar-refractivity contribution < 1.29 is 13.2 Å². The highest BCUT2D eigenvalue weighted by Gasteiger charge is 2.41. The van der Waals surface area contributed by atoms with Crippen molar-refractivity contribution in [3.8, 4) is 0 Å². The van der Waals surface area contributed by atoms with Gasteiger partial charge in [0, 0.05) is 21.5 Å². The summed E-state index contributed by atoms with van der Waals surface area (Å²) in [4.78, 5) is 0. The van der Waals surface area contributed by atoms with Crippen molar-refractivity contribution in [2.45, 2.75) is 23.8 Å². The first-order valence-corrected chi connectivity index (χ1v) is 7.54. The first kappa shape index (κ1) is 14.1. The molecule has 1 fully saturated rings. The maximum absolute atomic E-state index is 12.5. The van der Waals surface area contributed by atoms with Crippen molar-refractivity contribution in [3.05, 3.63) is 28.2 Å². The zero-order valence-electron chi connectivity index (χ0n) is 9.77. The average Bonchev–Trinajstić information content (AvgIpc) is 3.07. The monoisotopic (exact) mass is 339 g/mol. The molecule has 1 saturated carbocycles. The molecule has 0 unspecified atom stereocenters. The smallest absolute Gasteiger partial charge is 0.383 e. The van der Waals surface area contributed by atoms with Crippen molar-refractivity contribution in [1.82, 2.24) is 0 Å². The predicted octanol–water partition coefficient (Wildman–Crippen LogP) is 4.78. The second-order valence-corrected chi connectivity index (χ2v) is 6.56. The Bertz CT molecular complexity index is 443. The van der Waals surface area contributed by atoms with Crippen LogP contribution in [0.1, 0.15) is 18.4 Å². The van der Waals surface area contributed by atoms with Gasteiger partial charge in [0.2, 0.25) is 0 Å². The molecule has 0 saturated heterocycles. The molecule has 1 aromatic rings. The summed E-state index contributed by atoms with van der Waals surface area (Å²) in [6, 6.07) is 3.69. The number of thioether (sulfide) groups is 1. The van der Waals surface area contributed by atoms with E-state index >= 15 is 0 Å². The van der Waals surface area contributed by atoms with Gasteiger partial charge >= 0.3 is 6.18 Å². The lowest BCUT2D eigenvalue weighted by Crippen LogP contribution is -2.17. The van der Waals surface area contributed by atoms with Crippen LogP contribution in [0.3, 0.4) is 0 Å². The molecule has 0 spiro atoms. The minimum Gasteiger partial charge on any atom is -0.383 e. The molecule has 18 heavy (non-hydrogen) atoms. The Morgan fingerprint density at radius 1 is 1.39 bits per heavy atom. The van der Waals surface area contributed by atoms with Crippen LogP contribution >= 0.6 is 27.7 Å². The van der Waals surface area contributed by atoms with Crippen LogP contribution in [0.4, 0.5) is 18.9 Å². The molecule has 0 amide bonds. The van der Waals surface area contributed by atoms with E-state index in [0.29, 0.717) is 10.2 Å². The highest BCUT2D eigenvalue weighted by atomic mass is 79.9. The Morgan fingerprint density at radius 3 is 2.50 bits per heavy atom. The summed E-state index contributed by atoms with van der Waals surface area (Å²) in [6.07, 6.45) is 0.105. The number of hydrogen-bond acceptors (Lipinski definition) is 2. The molecule has 1 nitrogen and oxygen atoms in total. The normalized spacial score (nSPS) is 17.6. The van der Waals surface area contributed by atoms with E-state index in [-0.39, 0.29) is 4.75 Å². The molecule has 0 atom stereocenters. The Balaban J connectivity index is 2.06. The number of benzene rings is 1. The average molecular weight is 340 g/mol. The van der Waals surface area contributed by atoms with Crippen LogP contribution in [0.5, 0.6) is 0 Å². The van der Waals surface area contributed by atoms with Gasteiger partial charge in [-0.25, -0.2) is 0 Å². The highest BCUT2D eigenvalue weighted by Crippen LogP contribution is 2.47. The van der Waals surface area contributed by atoms with E-state index in [4.69, 9.17) is 0 Å². The molecule has 1 aliphatic rings. The Kier molecular flexibility index (Phi) is 3.88. The Labute approximate surface area is 117 Å². The summed E-state index contributed by atoms with van der Waals surface area (Å²) in [7, 11) is 0. The van der Waals surface area contributed by atoms with E-state index in [1.165, 1.54) is 18.9 Å². The summed E-state index contributed by atoms with van der Waals surface area (Å²) >= 11 is 4.99. The van der Waals surface area contributed by atoms with Crippen molar-refractivity contribution >= 4 is 33.4 Å². The molecule has 6 heteroatoms. The highest BCUT2D eigenvalue weighted by molar-refractivity contribution is 9.10. The number of hydrogen-bond donors (Lipinski definition) is 1. The lowest BCUT2D eigenvalue weighted by atomic mass is 10.2. The summed E-state index contributed by atoms with van der Waals surface area (Å²) in [5.41, 5.74) is 0.0780. The molecule has 0 heterocycles. The predicted molar refractivity (Wildman–Crippen MR) is 73.1 cm³/mol. The summed E-state index contributed by atoms with van der Waals surface area (Å²) < 4.78 is 38.2. The fourth-order valence-corrected chi connectivity index (χ4v) is 2.93. The van der Waals surface area contributed by atoms with Crippen LogP contribution in [0.25, 0.3) is 0 Å². The maximum Gasteiger partial charge on any atom is 0.416 e. The number of alkyl halides is 3. The van der Waals surface area contributed by atoms with E-state index < -0.39 is 11.7 Å². The number of nitrogens with one attached hydrogen (secondary N) is 1. The number of anilines is 1. The van der Waals surface area contributed by atoms with Crippen LogP contribution in [0.2, 0.25) is 0 Å². The Morgan fingerprint density at radius 2 is 2.06 bits per heavy atom. The van der Waals surface area contributed by atoms with Crippen molar-refractivity contribution in [2.75, 3.05) is 18.1 Å². The Hall–Kier alpha value is -0.360. The van der Waals surface area contributed by atoms with Gasteiger partial charge < -0.3 is 5.32 Å². The summed E-state index contributed by atoms with van der Waals surface area (Å²) in [5.74, 6) is 0. The number of halogens is 4. The molecule has 2 rings (SSSR count). The van der Waals surface area contributed by atoms with E-state index in [0.717, 1.165) is 18.7 Å². The van der Waals surface area contributed by atoms with Crippen LogP contribution in [-0.4, -0.2) is 17.5 Å². The third-order valence-corrected chi connectivity index (χ3v) is 5.21. The van der Waals surface area contributed by atoms with Gasteiger partial charge in [0.15, 0.2) is 0 Å². The lowest BCUT2D eigenvalue weighted by Gasteiger charge is -2.16. The van der Waals surface area contributed by atoms with Gasteiger partial charge in [0.1, 0.15) is 0 Å². The maximum atomic E-state index is 12.5. The molecule has 0 bridgehead atoms. The number of rotatable bonds is 4. The van der Waals surface area contributed by atoms with Crippen LogP contribution < -0.4 is 5.32 Å². The molecule has 0 aromatic heterocycles. The van der Waals surface area contributed by atoms with Crippen LogP contribution in [0.15, 0.2) is 22.7 Å². The fourth-order valence-electron chi connectivity index (χ4n) is 1.68. The summed E-state index contributed by atoms with van der Waals surface area (Å²) in [6.45, 7) is 0.790. The molecular weight excluding hydrogens is 327 g/mol. The topological polar surface area (TPSA) is 12.0 Å². The van der Waals surface area contributed by atoms with E-state index in [9.17, 15) is 13.2 Å². The minimum absolute atomic E-state index is 0.280. The molecule has 0 radical (unpaired) electrons. The van der Waals surface area contributed by atoms with E-state index in [2.05, 4.69) is 27.5 Å².